The molecule has 1 saturated heterocycles. The predicted molar refractivity (Wildman–Crippen MR) is 115 cm³/mol. The number of nitrogens with zero attached hydrogens (tertiary/aromatic N) is 2. The summed E-state index contributed by atoms with van der Waals surface area (Å²) in [4.78, 5) is 50.4. The Labute approximate surface area is 183 Å². The van der Waals surface area contributed by atoms with E-state index in [-0.39, 0.29) is 47.1 Å². The van der Waals surface area contributed by atoms with Crippen molar-refractivity contribution < 1.29 is 19.3 Å². The van der Waals surface area contributed by atoms with Gasteiger partial charge < -0.3 is 5.32 Å². The van der Waals surface area contributed by atoms with Crippen molar-refractivity contribution in [1.82, 2.24) is 0 Å². The number of hydrogen-bond donors (Lipinski definition) is 1. The van der Waals surface area contributed by atoms with Crippen molar-refractivity contribution in [3.05, 3.63) is 76.4 Å². The van der Waals surface area contributed by atoms with Gasteiger partial charge in [-0.3, -0.25) is 29.4 Å². The zero-order valence-electron chi connectivity index (χ0n) is 16.9. The normalized spacial score (nSPS) is 31.3. The van der Waals surface area contributed by atoms with Crippen molar-refractivity contribution >= 4 is 34.8 Å². The van der Waals surface area contributed by atoms with Gasteiger partial charge in [-0.1, -0.05) is 12.2 Å². The van der Waals surface area contributed by atoms with Crippen molar-refractivity contribution in [2.75, 3.05) is 10.2 Å². The first-order chi connectivity index (χ1) is 15.4. The molecule has 3 amide bonds. The number of hydrogen-bond acceptors (Lipinski definition) is 5. The molecule has 3 fully saturated rings. The lowest BCUT2D eigenvalue weighted by atomic mass is 9.63. The summed E-state index contributed by atoms with van der Waals surface area (Å²) in [7, 11) is 0. The second kappa shape index (κ2) is 6.59. The lowest BCUT2D eigenvalue weighted by molar-refractivity contribution is -0.384. The molecule has 5 aliphatic rings. The monoisotopic (exact) mass is 429 g/mol. The molecule has 0 spiro atoms. The molecule has 0 unspecified atom stereocenters. The van der Waals surface area contributed by atoms with Crippen molar-refractivity contribution in [3.63, 3.8) is 0 Å². The van der Waals surface area contributed by atoms with Crippen LogP contribution in [0.4, 0.5) is 17.1 Å². The second-order valence-electron chi connectivity index (χ2n) is 8.97. The van der Waals surface area contributed by atoms with Crippen molar-refractivity contribution in [2.24, 2.45) is 35.5 Å². The molecule has 0 aromatic heterocycles. The van der Waals surface area contributed by atoms with Crippen LogP contribution >= 0.6 is 0 Å². The third-order valence-corrected chi connectivity index (χ3v) is 7.39. The smallest absolute Gasteiger partial charge is 0.269 e. The summed E-state index contributed by atoms with van der Waals surface area (Å²) in [5.41, 5.74) is 1.20. The number of nitro benzene ring substituents is 1. The van der Waals surface area contributed by atoms with Crippen LogP contribution in [-0.4, -0.2) is 22.6 Å². The number of carbonyl (C=O) groups excluding carboxylic acids is 3. The van der Waals surface area contributed by atoms with Gasteiger partial charge in [-0.15, -0.1) is 0 Å². The average Bonchev–Trinajstić information content (AvgIpc) is 3.58. The average molecular weight is 429 g/mol. The van der Waals surface area contributed by atoms with E-state index < -0.39 is 4.92 Å². The van der Waals surface area contributed by atoms with Crippen LogP contribution in [-0.2, 0) is 9.59 Å². The van der Waals surface area contributed by atoms with E-state index in [0.717, 1.165) is 6.42 Å². The van der Waals surface area contributed by atoms with Gasteiger partial charge in [-0.2, -0.15) is 0 Å². The van der Waals surface area contributed by atoms with Gasteiger partial charge in [0.05, 0.1) is 22.4 Å². The Balaban J connectivity index is 1.19. The lowest BCUT2D eigenvalue weighted by Gasteiger charge is -2.37. The van der Waals surface area contributed by atoms with Gasteiger partial charge in [-0.25, -0.2) is 0 Å². The Hall–Kier alpha value is -3.81. The molecule has 1 aliphatic heterocycles. The molecule has 4 aliphatic carbocycles. The van der Waals surface area contributed by atoms with Gasteiger partial charge in [0.2, 0.25) is 11.8 Å². The molecule has 6 atom stereocenters. The maximum absolute atomic E-state index is 13.2. The highest BCUT2D eigenvalue weighted by Gasteiger charge is 2.67. The molecule has 2 aromatic carbocycles. The maximum Gasteiger partial charge on any atom is 0.269 e. The Bertz CT molecular complexity index is 1170. The van der Waals surface area contributed by atoms with E-state index in [1.54, 1.807) is 24.3 Å². The van der Waals surface area contributed by atoms with Crippen LogP contribution in [0.5, 0.6) is 0 Å². The Morgan fingerprint density at radius 2 is 1.47 bits per heavy atom. The first kappa shape index (κ1) is 18.9. The minimum Gasteiger partial charge on any atom is -0.322 e. The van der Waals surface area contributed by atoms with Gasteiger partial charge in [0.15, 0.2) is 0 Å². The van der Waals surface area contributed by atoms with E-state index in [4.69, 9.17) is 0 Å². The fraction of sp³-hybridized carbons (Fsp3) is 0.292. The summed E-state index contributed by atoms with van der Waals surface area (Å²) < 4.78 is 0. The molecule has 2 aromatic rings. The fourth-order valence-electron chi connectivity index (χ4n) is 5.84. The molecule has 7 rings (SSSR count). The number of amides is 3. The Morgan fingerprint density at radius 1 is 0.906 bits per heavy atom. The third kappa shape index (κ3) is 2.65. The highest BCUT2D eigenvalue weighted by Crippen LogP contribution is 2.65. The summed E-state index contributed by atoms with van der Waals surface area (Å²) in [6, 6.07) is 11.9. The molecule has 8 nitrogen and oxygen atoms in total. The number of non-ortho nitro benzene ring substituents is 1. The van der Waals surface area contributed by atoms with Crippen molar-refractivity contribution in [2.45, 2.75) is 6.42 Å². The third-order valence-electron chi connectivity index (χ3n) is 7.39. The largest absolute Gasteiger partial charge is 0.322 e. The van der Waals surface area contributed by atoms with Gasteiger partial charge in [0.1, 0.15) is 0 Å². The van der Waals surface area contributed by atoms with Crippen molar-refractivity contribution in [1.29, 1.82) is 0 Å². The van der Waals surface area contributed by atoms with Gasteiger partial charge in [-0.05, 0) is 66.5 Å². The first-order valence-electron chi connectivity index (χ1n) is 10.7. The standard InChI is InChI=1S/C24H19N3O5/c28-22(25-13-3-7-15(8-4-13)27(31)32)12-1-5-14(6-2-12)26-23(29)20-16-9-10-17(19-11-18(16)19)21(20)24(26)30/h1-10,16-21H,11H2,(H,25,28)/t16-,17+,18-,19-,20+,21-/m1/s1. The molecular formula is C24H19N3O5. The quantitative estimate of drug-likeness (QED) is 0.347. The molecule has 160 valence electrons. The fourth-order valence-corrected chi connectivity index (χ4v) is 5.84. The molecule has 2 saturated carbocycles. The molecule has 8 heteroatoms. The number of anilines is 2. The zero-order valence-corrected chi connectivity index (χ0v) is 16.9. The summed E-state index contributed by atoms with van der Waals surface area (Å²) in [5.74, 6) is 0.270. The van der Waals surface area contributed by atoms with Crippen LogP contribution in [0.2, 0.25) is 0 Å². The SMILES string of the molecule is O=C(Nc1ccc([N+](=O)[O-])cc1)c1ccc(N2C(=O)[C@@H]3[C@H]4C=C[C@H]([C@H]5C[C@H]45)[C@@H]3C2=O)cc1. The van der Waals surface area contributed by atoms with E-state index >= 15 is 0 Å². The molecule has 1 N–H and O–H groups in total. The molecular weight excluding hydrogens is 410 g/mol. The zero-order chi connectivity index (χ0) is 22.1. The van der Waals surface area contributed by atoms with E-state index in [1.807, 2.05) is 0 Å². The maximum atomic E-state index is 13.2. The van der Waals surface area contributed by atoms with Gasteiger partial charge >= 0.3 is 0 Å². The minimum absolute atomic E-state index is 0.0613. The second-order valence-corrected chi connectivity index (χ2v) is 8.97. The number of nitrogens with one attached hydrogen (secondary N) is 1. The number of allylic oxidation sites excluding steroid dienone is 2. The van der Waals surface area contributed by atoms with Gasteiger partial charge in [0.25, 0.3) is 11.6 Å². The van der Waals surface area contributed by atoms with Crippen LogP contribution in [0.1, 0.15) is 16.8 Å². The highest BCUT2D eigenvalue weighted by molar-refractivity contribution is 6.22. The van der Waals surface area contributed by atoms with E-state index in [0.29, 0.717) is 28.8 Å². The number of rotatable bonds is 4. The number of benzene rings is 2. The summed E-state index contributed by atoms with van der Waals surface area (Å²) in [6.45, 7) is 0. The topological polar surface area (TPSA) is 110 Å². The molecule has 2 bridgehead atoms. The Kier molecular flexibility index (Phi) is 3.90. The van der Waals surface area contributed by atoms with Crippen LogP contribution < -0.4 is 10.2 Å². The predicted octanol–water partition coefficient (Wildman–Crippen LogP) is 3.40. The number of imide groups is 1. The first-order valence-corrected chi connectivity index (χ1v) is 10.7. The van der Waals surface area contributed by atoms with Crippen LogP contribution in [0.15, 0.2) is 60.7 Å². The summed E-state index contributed by atoms with van der Waals surface area (Å²) in [5, 5.41) is 13.4. The molecule has 32 heavy (non-hydrogen) atoms. The van der Waals surface area contributed by atoms with E-state index in [2.05, 4.69) is 17.5 Å². The van der Waals surface area contributed by atoms with Crippen LogP contribution in [0.25, 0.3) is 0 Å². The lowest BCUT2D eigenvalue weighted by Crippen LogP contribution is -2.40. The highest BCUT2D eigenvalue weighted by atomic mass is 16.6. The molecule has 0 radical (unpaired) electrons. The number of carbonyl (C=O) groups is 3. The minimum atomic E-state index is -0.508. The van der Waals surface area contributed by atoms with E-state index in [1.165, 1.54) is 29.2 Å². The van der Waals surface area contributed by atoms with Crippen LogP contribution in [0, 0.1) is 45.6 Å². The summed E-state index contributed by atoms with van der Waals surface area (Å²) in [6.07, 6.45) is 5.40. The number of nitro groups is 1. The van der Waals surface area contributed by atoms with Crippen molar-refractivity contribution in [3.8, 4) is 0 Å². The molecule has 1 heterocycles. The van der Waals surface area contributed by atoms with E-state index in [9.17, 15) is 24.5 Å². The van der Waals surface area contributed by atoms with Crippen LogP contribution in [0.3, 0.4) is 0 Å². The Morgan fingerprint density at radius 3 is 2.00 bits per heavy atom. The summed E-state index contributed by atoms with van der Waals surface area (Å²) >= 11 is 0. The van der Waals surface area contributed by atoms with Gasteiger partial charge in [0, 0.05) is 23.4 Å².